The van der Waals surface area contributed by atoms with Crippen LogP contribution >= 0.6 is 0 Å². The predicted molar refractivity (Wildman–Crippen MR) is 57.3 cm³/mol. The van der Waals surface area contributed by atoms with Crippen LogP contribution in [0.4, 0.5) is 0 Å². The van der Waals surface area contributed by atoms with Crippen molar-refractivity contribution in [2.45, 2.75) is 58.0 Å². The van der Waals surface area contributed by atoms with Crippen LogP contribution in [0.25, 0.3) is 0 Å². The van der Waals surface area contributed by atoms with Crippen LogP contribution in [0.15, 0.2) is 0 Å². The molecule has 0 aromatic heterocycles. The Kier molecular flexibility index (Phi) is 2.08. The summed E-state index contributed by atoms with van der Waals surface area (Å²) in [5.74, 6) is 1.55. The summed E-state index contributed by atoms with van der Waals surface area (Å²) in [5, 5.41) is 0. The zero-order valence-corrected chi connectivity index (χ0v) is 9.50. The molecule has 2 heteroatoms. The Morgan fingerprint density at radius 3 is 3.13 bits per heavy atom. The minimum Gasteiger partial charge on any atom is -0.462 e. The van der Waals surface area contributed by atoms with Gasteiger partial charge in [-0.3, -0.25) is 4.79 Å². The van der Waals surface area contributed by atoms with E-state index in [0.29, 0.717) is 17.8 Å². The summed E-state index contributed by atoms with van der Waals surface area (Å²) in [7, 11) is 0. The SMILES string of the molecule is CCCC[C@@]12C[C@@H]1C[C@H]1CC(=O)O[C@H]1C2. The molecule has 0 spiro atoms. The standard InChI is InChI=1S/C13H20O2/c1-2-3-4-13-7-10(13)5-9-6-12(14)15-11(9)8-13/h9-11H,2-8H2,1H3/t9-,10-,11-,13-/m0/s1. The third kappa shape index (κ3) is 1.49. The van der Waals surface area contributed by atoms with Gasteiger partial charge in [0.05, 0.1) is 6.42 Å². The number of carbonyl (C=O) groups is 1. The van der Waals surface area contributed by atoms with Crippen molar-refractivity contribution in [1.82, 2.24) is 0 Å². The Bertz CT molecular complexity index is 286. The summed E-state index contributed by atoms with van der Waals surface area (Å²) >= 11 is 0. The topological polar surface area (TPSA) is 26.3 Å². The van der Waals surface area contributed by atoms with Crippen molar-refractivity contribution in [1.29, 1.82) is 0 Å². The van der Waals surface area contributed by atoms with Crippen LogP contribution in [0, 0.1) is 17.3 Å². The number of hydrogen-bond donors (Lipinski definition) is 0. The first-order chi connectivity index (χ1) is 7.23. The zero-order chi connectivity index (χ0) is 10.5. The van der Waals surface area contributed by atoms with Gasteiger partial charge in [-0.1, -0.05) is 19.8 Å². The van der Waals surface area contributed by atoms with E-state index in [1.54, 1.807) is 0 Å². The van der Waals surface area contributed by atoms with Crippen molar-refractivity contribution in [2.75, 3.05) is 0 Å². The molecule has 2 nitrogen and oxygen atoms in total. The first kappa shape index (κ1) is 9.68. The maximum Gasteiger partial charge on any atom is 0.306 e. The summed E-state index contributed by atoms with van der Waals surface area (Å²) in [6, 6.07) is 0. The fraction of sp³-hybridized carbons (Fsp3) is 0.923. The van der Waals surface area contributed by atoms with Gasteiger partial charge in [0.15, 0.2) is 0 Å². The molecule has 3 rings (SSSR count). The zero-order valence-electron chi connectivity index (χ0n) is 9.50. The molecule has 3 fully saturated rings. The van der Waals surface area contributed by atoms with E-state index in [9.17, 15) is 4.79 Å². The number of unbranched alkanes of at least 4 members (excludes halogenated alkanes) is 1. The molecule has 1 heterocycles. The molecule has 0 unspecified atom stereocenters. The Morgan fingerprint density at radius 1 is 1.47 bits per heavy atom. The average Bonchev–Trinajstić information content (AvgIpc) is 2.77. The molecular formula is C13H20O2. The van der Waals surface area contributed by atoms with E-state index in [0.717, 1.165) is 5.92 Å². The smallest absolute Gasteiger partial charge is 0.306 e. The molecule has 4 atom stereocenters. The van der Waals surface area contributed by atoms with Gasteiger partial charge in [0.1, 0.15) is 6.10 Å². The van der Waals surface area contributed by atoms with Crippen LogP contribution in [0.3, 0.4) is 0 Å². The number of carbonyl (C=O) groups excluding carboxylic acids is 1. The van der Waals surface area contributed by atoms with Gasteiger partial charge in [0, 0.05) is 5.92 Å². The predicted octanol–water partition coefficient (Wildman–Crippen LogP) is 2.91. The molecule has 15 heavy (non-hydrogen) atoms. The van der Waals surface area contributed by atoms with Crippen molar-refractivity contribution in [3.05, 3.63) is 0 Å². The van der Waals surface area contributed by atoms with Gasteiger partial charge in [-0.05, 0) is 37.0 Å². The highest BCUT2D eigenvalue weighted by atomic mass is 16.5. The number of ether oxygens (including phenoxy) is 1. The Hall–Kier alpha value is -0.530. The van der Waals surface area contributed by atoms with Crippen molar-refractivity contribution < 1.29 is 9.53 Å². The lowest BCUT2D eigenvalue weighted by molar-refractivity contribution is -0.142. The van der Waals surface area contributed by atoms with Crippen molar-refractivity contribution >= 4 is 5.97 Å². The maximum atomic E-state index is 11.2. The van der Waals surface area contributed by atoms with E-state index in [1.165, 1.54) is 38.5 Å². The van der Waals surface area contributed by atoms with Gasteiger partial charge >= 0.3 is 5.97 Å². The molecule has 1 saturated heterocycles. The second-order valence-electron chi connectivity index (χ2n) is 5.80. The van der Waals surface area contributed by atoms with Crippen LogP contribution in [-0.4, -0.2) is 12.1 Å². The second-order valence-corrected chi connectivity index (χ2v) is 5.80. The van der Waals surface area contributed by atoms with E-state index in [4.69, 9.17) is 4.74 Å². The van der Waals surface area contributed by atoms with Crippen LogP contribution in [-0.2, 0) is 9.53 Å². The summed E-state index contributed by atoms with van der Waals surface area (Å²) < 4.78 is 5.43. The molecule has 0 N–H and O–H groups in total. The van der Waals surface area contributed by atoms with Crippen molar-refractivity contribution in [2.24, 2.45) is 17.3 Å². The number of fused-ring (bicyclic) bond motifs is 2. The molecule has 1 aliphatic heterocycles. The Balaban J connectivity index is 1.66. The molecule has 0 radical (unpaired) electrons. The molecule has 2 saturated carbocycles. The normalized spacial score (nSPS) is 47.0. The summed E-state index contributed by atoms with van der Waals surface area (Å²) in [5.41, 5.74) is 0.599. The fourth-order valence-corrected chi connectivity index (χ4v) is 3.82. The molecule has 0 aromatic carbocycles. The highest BCUT2D eigenvalue weighted by Gasteiger charge is 2.60. The number of hydrogen-bond acceptors (Lipinski definition) is 2. The highest BCUT2D eigenvalue weighted by molar-refractivity contribution is 5.72. The molecule has 3 aliphatic rings. The average molecular weight is 208 g/mol. The monoisotopic (exact) mass is 208 g/mol. The minimum absolute atomic E-state index is 0.0527. The van der Waals surface area contributed by atoms with Gasteiger partial charge in [-0.2, -0.15) is 0 Å². The molecule has 84 valence electrons. The number of rotatable bonds is 3. The summed E-state index contributed by atoms with van der Waals surface area (Å²) in [4.78, 5) is 11.2. The fourth-order valence-electron chi connectivity index (χ4n) is 3.82. The Labute approximate surface area is 91.4 Å². The van der Waals surface area contributed by atoms with Crippen molar-refractivity contribution in [3.63, 3.8) is 0 Å². The maximum absolute atomic E-state index is 11.2. The lowest BCUT2D eigenvalue weighted by Crippen LogP contribution is -2.27. The van der Waals surface area contributed by atoms with E-state index in [1.807, 2.05) is 0 Å². The highest BCUT2D eigenvalue weighted by Crippen LogP contribution is 2.66. The first-order valence-electron chi connectivity index (χ1n) is 6.43. The molecule has 2 aliphatic carbocycles. The van der Waals surface area contributed by atoms with Crippen molar-refractivity contribution in [3.8, 4) is 0 Å². The number of esters is 1. The van der Waals surface area contributed by atoms with Crippen LogP contribution in [0.5, 0.6) is 0 Å². The largest absolute Gasteiger partial charge is 0.462 e. The van der Waals surface area contributed by atoms with Crippen LogP contribution in [0.1, 0.15) is 51.9 Å². The summed E-state index contributed by atoms with van der Waals surface area (Å²) in [6.45, 7) is 2.26. The second kappa shape index (κ2) is 3.23. The van der Waals surface area contributed by atoms with E-state index in [2.05, 4.69) is 6.92 Å². The van der Waals surface area contributed by atoms with Crippen LogP contribution in [0.2, 0.25) is 0 Å². The quantitative estimate of drug-likeness (QED) is 0.667. The van der Waals surface area contributed by atoms with E-state index >= 15 is 0 Å². The molecule has 0 bridgehead atoms. The first-order valence-corrected chi connectivity index (χ1v) is 6.43. The van der Waals surface area contributed by atoms with Gasteiger partial charge in [0.2, 0.25) is 0 Å². The third-order valence-electron chi connectivity index (χ3n) is 4.82. The minimum atomic E-state index is 0.0527. The van der Waals surface area contributed by atoms with Crippen LogP contribution < -0.4 is 0 Å². The van der Waals surface area contributed by atoms with Gasteiger partial charge in [-0.15, -0.1) is 0 Å². The Morgan fingerprint density at radius 2 is 2.33 bits per heavy atom. The van der Waals surface area contributed by atoms with E-state index in [-0.39, 0.29) is 12.1 Å². The third-order valence-corrected chi connectivity index (χ3v) is 4.82. The van der Waals surface area contributed by atoms with Gasteiger partial charge in [-0.25, -0.2) is 0 Å². The van der Waals surface area contributed by atoms with Gasteiger partial charge in [0.25, 0.3) is 0 Å². The van der Waals surface area contributed by atoms with E-state index < -0.39 is 0 Å². The molecule has 0 amide bonds. The lowest BCUT2D eigenvalue weighted by atomic mass is 9.77. The molecular weight excluding hydrogens is 188 g/mol. The van der Waals surface area contributed by atoms with Gasteiger partial charge < -0.3 is 4.74 Å². The summed E-state index contributed by atoms with van der Waals surface area (Å²) in [6.07, 6.45) is 8.85. The molecule has 0 aromatic rings. The lowest BCUT2D eigenvalue weighted by Gasteiger charge is -2.29.